The van der Waals surface area contributed by atoms with Gasteiger partial charge in [-0.15, -0.1) is 0 Å². The van der Waals surface area contributed by atoms with Crippen LogP contribution >= 0.6 is 15.9 Å². The van der Waals surface area contributed by atoms with E-state index >= 15 is 0 Å². The van der Waals surface area contributed by atoms with Gasteiger partial charge in [0.05, 0.1) is 5.57 Å². The Bertz CT molecular complexity index is 677. The van der Waals surface area contributed by atoms with E-state index in [2.05, 4.69) is 20.9 Å². The van der Waals surface area contributed by atoms with Gasteiger partial charge in [-0.3, -0.25) is 9.78 Å². The van der Waals surface area contributed by atoms with Gasteiger partial charge in [0.15, 0.2) is 5.78 Å². The number of carbonyl (C=O) groups is 1. The number of Topliss-reactive ketones (excluding diaryl/α,β-unsaturated/α-hetero) is 1. The molecule has 3 nitrogen and oxygen atoms in total. The number of rotatable bonds is 1. The predicted octanol–water partition coefficient (Wildman–Crippen LogP) is 3.47. The van der Waals surface area contributed by atoms with E-state index in [1.165, 1.54) is 0 Å². The van der Waals surface area contributed by atoms with Gasteiger partial charge in [-0.1, -0.05) is 15.9 Å². The highest BCUT2D eigenvalue weighted by atomic mass is 79.9. The van der Waals surface area contributed by atoms with E-state index in [1.54, 1.807) is 42.7 Å². The fraction of sp³-hybridized carbons (Fsp3) is 0. The predicted molar refractivity (Wildman–Crippen MR) is 72.2 cm³/mol. The summed E-state index contributed by atoms with van der Waals surface area (Å²) < 4.78 is 0.830. The molecule has 0 atom stereocenters. The number of hydrogen-bond donors (Lipinski definition) is 1. The average molecular weight is 302 g/mol. The number of aliphatic hydroxyl groups excluding tert-OH is 1. The van der Waals surface area contributed by atoms with Gasteiger partial charge in [0.2, 0.25) is 0 Å². The van der Waals surface area contributed by atoms with Crippen molar-refractivity contribution in [1.29, 1.82) is 0 Å². The zero-order valence-corrected chi connectivity index (χ0v) is 10.8. The number of fused-ring (bicyclic) bond motifs is 1. The normalized spacial score (nSPS) is 13.9. The number of nitrogens with zero attached hydrogens (tertiary/aromatic N) is 1. The van der Waals surface area contributed by atoms with E-state index in [4.69, 9.17) is 0 Å². The minimum Gasteiger partial charge on any atom is -0.507 e. The minimum atomic E-state index is -0.152. The zero-order valence-electron chi connectivity index (χ0n) is 9.22. The van der Waals surface area contributed by atoms with Gasteiger partial charge in [0.1, 0.15) is 5.76 Å². The summed E-state index contributed by atoms with van der Waals surface area (Å²) in [5.74, 6) is -0.122. The molecule has 0 amide bonds. The molecule has 2 aromatic rings. The van der Waals surface area contributed by atoms with Gasteiger partial charge in [-0.05, 0) is 35.9 Å². The van der Waals surface area contributed by atoms with Crippen LogP contribution in [0.2, 0.25) is 0 Å². The molecule has 0 saturated carbocycles. The quantitative estimate of drug-likeness (QED) is 0.877. The molecule has 0 saturated heterocycles. The van der Waals surface area contributed by atoms with Crippen LogP contribution in [0.3, 0.4) is 0 Å². The van der Waals surface area contributed by atoms with Crippen molar-refractivity contribution < 1.29 is 9.90 Å². The van der Waals surface area contributed by atoms with Crippen LogP contribution in [0.25, 0.3) is 11.3 Å². The van der Waals surface area contributed by atoms with Crippen molar-refractivity contribution in [2.45, 2.75) is 0 Å². The first kappa shape index (κ1) is 11.2. The van der Waals surface area contributed by atoms with Gasteiger partial charge in [-0.25, -0.2) is 0 Å². The molecule has 1 aliphatic rings. The number of aliphatic hydroxyl groups is 1. The Labute approximate surface area is 112 Å². The van der Waals surface area contributed by atoms with Crippen LogP contribution in [0.5, 0.6) is 0 Å². The summed E-state index contributed by atoms with van der Waals surface area (Å²) in [5, 5.41) is 10.2. The molecule has 3 rings (SSSR count). The molecule has 0 radical (unpaired) electrons. The Morgan fingerprint density at radius 1 is 1.06 bits per heavy atom. The molecule has 1 N–H and O–H groups in total. The highest BCUT2D eigenvalue weighted by molar-refractivity contribution is 9.10. The van der Waals surface area contributed by atoms with Crippen LogP contribution in [0, 0.1) is 0 Å². The molecule has 0 aliphatic heterocycles. The first-order chi connectivity index (χ1) is 8.68. The molecule has 1 heterocycles. The van der Waals surface area contributed by atoms with Crippen LogP contribution in [0.4, 0.5) is 0 Å². The van der Waals surface area contributed by atoms with Gasteiger partial charge in [-0.2, -0.15) is 0 Å². The van der Waals surface area contributed by atoms with E-state index in [0.717, 1.165) is 4.47 Å². The fourth-order valence-electron chi connectivity index (χ4n) is 2.07. The highest BCUT2D eigenvalue weighted by Gasteiger charge is 2.30. The van der Waals surface area contributed by atoms with Crippen molar-refractivity contribution in [2.75, 3.05) is 0 Å². The Morgan fingerprint density at radius 2 is 1.78 bits per heavy atom. The van der Waals surface area contributed by atoms with Gasteiger partial charge in [0, 0.05) is 28.0 Å². The summed E-state index contributed by atoms with van der Waals surface area (Å²) in [5.41, 5.74) is 2.12. The first-order valence-electron chi connectivity index (χ1n) is 5.37. The Balaban J connectivity index is 2.22. The van der Waals surface area contributed by atoms with E-state index in [1.807, 2.05) is 0 Å². The summed E-state index contributed by atoms with van der Waals surface area (Å²) in [4.78, 5) is 16.2. The summed E-state index contributed by atoms with van der Waals surface area (Å²) in [6.45, 7) is 0. The molecule has 1 aromatic heterocycles. The summed E-state index contributed by atoms with van der Waals surface area (Å²) in [7, 11) is 0. The molecule has 4 heteroatoms. The van der Waals surface area contributed by atoms with Crippen LogP contribution < -0.4 is 0 Å². The molecule has 1 aromatic carbocycles. The second-order valence-electron chi connectivity index (χ2n) is 3.98. The molecular weight excluding hydrogens is 294 g/mol. The lowest BCUT2D eigenvalue weighted by Crippen LogP contribution is -1.98. The van der Waals surface area contributed by atoms with Crippen molar-refractivity contribution in [3.8, 4) is 0 Å². The lowest BCUT2D eigenvalue weighted by Gasteiger charge is -2.00. The van der Waals surface area contributed by atoms with Crippen LogP contribution in [-0.4, -0.2) is 15.9 Å². The lowest BCUT2D eigenvalue weighted by molar-refractivity contribution is 0.105. The lowest BCUT2D eigenvalue weighted by atomic mass is 10.0. The Kier molecular flexibility index (Phi) is 2.52. The Hall–Kier alpha value is -1.94. The SMILES string of the molecule is O=C1C(c2ccncc2)=C(O)c2cc(Br)ccc21. The summed E-state index contributed by atoms with van der Waals surface area (Å²) in [6, 6.07) is 8.68. The third-order valence-corrected chi connectivity index (χ3v) is 3.41. The van der Waals surface area contributed by atoms with Crippen molar-refractivity contribution >= 4 is 33.0 Å². The van der Waals surface area contributed by atoms with Crippen LogP contribution in [0.1, 0.15) is 21.5 Å². The van der Waals surface area contributed by atoms with Gasteiger partial charge in [0.25, 0.3) is 0 Å². The smallest absolute Gasteiger partial charge is 0.198 e. The summed E-state index contributed by atoms with van der Waals surface area (Å²) in [6.07, 6.45) is 3.20. The molecule has 0 fully saturated rings. The third-order valence-electron chi connectivity index (χ3n) is 2.91. The highest BCUT2D eigenvalue weighted by Crippen LogP contribution is 2.37. The number of aromatic nitrogens is 1. The molecule has 88 valence electrons. The zero-order chi connectivity index (χ0) is 12.7. The first-order valence-corrected chi connectivity index (χ1v) is 6.16. The number of carbonyl (C=O) groups excluding carboxylic acids is 1. The van der Waals surface area contributed by atoms with Crippen molar-refractivity contribution in [2.24, 2.45) is 0 Å². The largest absolute Gasteiger partial charge is 0.507 e. The maximum atomic E-state index is 12.3. The van der Waals surface area contributed by atoms with Crippen LogP contribution in [-0.2, 0) is 0 Å². The second kappa shape index (κ2) is 4.07. The number of pyridine rings is 1. The molecule has 1 aliphatic carbocycles. The van der Waals surface area contributed by atoms with Crippen molar-refractivity contribution in [1.82, 2.24) is 4.98 Å². The molecule has 0 bridgehead atoms. The van der Waals surface area contributed by atoms with Crippen molar-refractivity contribution in [3.63, 3.8) is 0 Å². The Morgan fingerprint density at radius 3 is 2.50 bits per heavy atom. The number of benzene rings is 1. The third kappa shape index (κ3) is 1.57. The van der Waals surface area contributed by atoms with E-state index in [-0.39, 0.29) is 11.5 Å². The molecular formula is C14H8BrNO2. The molecule has 0 unspecified atom stereocenters. The average Bonchev–Trinajstić information content (AvgIpc) is 2.63. The standard InChI is InChI=1S/C14H8BrNO2/c15-9-1-2-10-11(7-9)14(18)12(13(10)17)8-3-5-16-6-4-8/h1-7,18H. The van der Waals surface area contributed by atoms with Crippen molar-refractivity contribution in [3.05, 3.63) is 63.9 Å². The topological polar surface area (TPSA) is 50.2 Å². The van der Waals surface area contributed by atoms with Gasteiger partial charge < -0.3 is 5.11 Å². The number of allylic oxidation sites excluding steroid dienone is 1. The van der Waals surface area contributed by atoms with E-state index in [0.29, 0.717) is 22.3 Å². The fourth-order valence-corrected chi connectivity index (χ4v) is 2.43. The monoisotopic (exact) mass is 301 g/mol. The number of ketones is 1. The number of hydrogen-bond acceptors (Lipinski definition) is 3. The number of halogens is 1. The van der Waals surface area contributed by atoms with Gasteiger partial charge >= 0.3 is 0 Å². The van der Waals surface area contributed by atoms with Crippen LogP contribution in [0.15, 0.2) is 47.2 Å². The van der Waals surface area contributed by atoms with E-state index < -0.39 is 0 Å². The molecule has 18 heavy (non-hydrogen) atoms. The molecule has 0 spiro atoms. The maximum absolute atomic E-state index is 12.3. The minimum absolute atomic E-state index is 0.0301. The second-order valence-corrected chi connectivity index (χ2v) is 4.89. The van der Waals surface area contributed by atoms with E-state index in [9.17, 15) is 9.90 Å². The summed E-state index contributed by atoms with van der Waals surface area (Å²) >= 11 is 3.33. The maximum Gasteiger partial charge on any atom is 0.198 e.